The van der Waals surface area contributed by atoms with Gasteiger partial charge in [0, 0.05) is 22.5 Å². The minimum Gasteiger partial charge on any atom is -0.270 e. The molecule has 2 heterocycles. The molecule has 0 aliphatic carbocycles. The number of rotatable bonds is 4. The first kappa shape index (κ1) is 15.9. The van der Waals surface area contributed by atoms with Crippen LogP contribution in [0, 0.1) is 0 Å². The van der Waals surface area contributed by atoms with Crippen LogP contribution in [0.2, 0.25) is 5.02 Å². The Morgan fingerprint density at radius 3 is 2.28 bits per heavy atom. The van der Waals surface area contributed by atoms with E-state index >= 15 is 0 Å². The zero-order valence-electron chi connectivity index (χ0n) is 13.1. The molecule has 25 heavy (non-hydrogen) atoms. The first-order valence-corrected chi connectivity index (χ1v) is 8.86. The molecule has 4 aromatic rings. The summed E-state index contributed by atoms with van der Waals surface area (Å²) in [5.74, 6) is 0.765. The Morgan fingerprint density at radius 2 is 1.56 bits per heavy atom. The molecular weight excluding hydrogens is 352 g/mol. The minimum absolute atomic E-state index is 0.692. The van der Waals surface area contributed by atoms with Gasteiger partial charge < -0.3 is 0 Å². The summed E-state index contributed by atoms with van der Waals surface area (Å²) in [6.07, 6.45) is 1.77. The highest BCUT2D eigenvalue weighted by molar-refractivity contribution is 7.99. The van der Waals surface area contributed by atoms with E-state index in [1.54, 1.807) is 6.20 Å². The van der Waals surface area contributed by atoms with Crippen LogP contribution in [0.25, 0.3) is 17.1 Å². The van der Waals surface area contributed by atoms with Crippen molar-refractivity contribution >= 4 is 23.4 Å². The average molecular weight is 365 g/mol. The lowest BCUT2D eigenvalue weighted by Gasteiger charge is -2.10. The number of hydrogen-bond acceptors (Lipinski definition) is 4. The summed E-state index contributed by atoms with van der Waals surface area (Å²) in [7, 11) is 0. The maximum Gasteiger partial charge on any atom is 0.202 e. The van der Waals surface area contributed by atoms with Crippen LogP contribution in [-0.2, 0) is 0 Å². The van der Waals surface area contributed by atoms with Crippen molar-refractivity contribution in [3.05, 3.63) is 84.0 Å². The smallest absolute Gasteiger partial charge is 0.202 e. The van der Waals surface area contributed by atoms with Gasteiger partial charge in [0.05, 0.1) is 0 Å². The van der Waals surface area contributed by atoms with E-state index in [0.29, 0.717) is 5.02 Å². The van der Waals surface area contributed by atoms with Crippen LogP contribution in [0.15, 0.2) is 89.2 Å². The van der Waals surface area contributed by atoms with Gasteiger partial charge in [0.25, 0.3) is 0 Å². The molecule has 0 N–H and O–H groups in total. The zero-order valence-corrected chi connectivity index (χ0v) is 14.7. The SMILES string of the molecule is Clc1ccc(-c2nnc(Sc3ccccn3)n2-c2ccccc2)cc1. The third kappa shape index (κ3) is 3.43. The number of para-hydroxylation sites is 1. The maximum atomic E-state index is 6.01. The second-order valence-corrected chi connectivity index (χ2v) is 6.68. The fraction of sp³-hybridized carbons (Fsp3) is 0. The van der Waals surface area contributed by atoms with Gasteiger partial charge in [0.2, 0.25) is 5.16 Å². The fourth-order valence-electron chi connectivity index (χ4n) is 2.43. The average Bonchev–Trinajstić information content (AvgIpc) is 3.07. The number of halogens is 1. The largest absolute Gasteiger partial charge is 0.270 e. The molecule has 0 atom stereocenters. The highest BCUT2D eigenvalue weighted by Crippen LogP contribution is 2.31. The quantitative estimate of drug-likeness (QED) is 0.503. The lowest BCUT2D eigenvalue weighted by atomic mass is 10.2. The van der Waals surface area contributed by atoms with Crippen molar-refractivity contribution in [1.82, 2.24) is 19.7 Å². The predicted octanol–water partition coefficient (Wildman–Crippen LogP) is 5.13. The normalized spacial score (nSPS) is 10.8. The van der Waals surface area contributed by atoms with Crippen molar-refractivity contribution < 1.29 is 0 Å². The second kappa shape index (κ2) is 7.09. The molecule has 0 amide bonds. The summed E-state index contributed by atoms with van der Waals surface area (Å²) in [4.78, 5) is 4.37. The summed E-state index contributed by atoms with van der Waals surface area (Å²) in [6, 6.07) is 23.5. The molecule has 4 rings (SSSR count). The van der Waals surface area contributed by atoms with Gasteiger partial charge in [-0.05, 0) is 60.3 Å². The van der Waals surface area contributed by atoms with E-state index in [4.69, 9.17) is 11.6 Å². The molecule has 0 saturated carbocycles. The van der Waals surface area contributed by atoms with E-state index in [2.05, 4.69) is 15.2 Å². The predicted molar refractivity (Wildman–Crippen MR) is 100 cm³/mol. The third-order valence-corrected chi connectivity index (χ3v) is 4.73. The van der Waals surface area contributed by atoms with Gasteiger partial charge in [-0.3, -0.25) is 4.57 Å². The topological polar surface area (TPSA) is 43.6 Å². The Balaban J connectivity index is 1.83. The third-order valence-electron chi connectivity index (χ3n) is 3.58. The molecule has 0 radical (unpaired) electrons. The Bertz CT molecular complexity index is 970. The molecule has 2 aromatic carbocycles. The van der Waals surface area contributed by atoms with Crippen molar-refractivity contribution in [2.45, 2.75) is 10.2 Å². The summed E-state index contributed by atoms with van der Waals surface area (Å²) in [5.41, 5.74) is 1.95. The summed E-state index contributed by atoms with van der Waals surface area (Å²) in [6.45, 7) is 0. The van der Waals surface area contributed by atoms with E-state index in [1.165, 1.54) is 11.8 Å². The van der Waals surface area contributed by atoms with Gasteiger partial charge in [-0.1, -0.05) is 35.9 Å². The van der Waals surface area contributed by atoms with Crippen LogP contribution in [0.1, 0.15) is 0 Å². The number of hydrogen-bond donors (Lipinski definition) is 0. The van der Waals surface area contributed by atoms with Crippen molar-refractivity contribution in [2.24, 2.45) is 0 Å². The fourth-order valence-corrected chi connectivity index (χ4v) is 3.37. The van der Waals surface area contributed by atoms with Gasteiger partial charge in [-0.25, -0.2) is 4.98 Å². The first-order chi connectivity index (χ1) is 12.3. The molecule has 122 valence electrons. The van der Waals surface area contributed by atoms with E-state index in [-0.39, 0.29) is 0 Å². The molecule has 0 saturated heterocycles. The molecule has 4 nitrogen and oxygen atoms in total. The molecule has 6 heteroatoms. The first-order valence-electron chi connectivity index (χ1n) is 7.67. The van der Waals surface area contributed by atoms with E-state index in [1.807, 2.05) is 77.4 Å². The number of pyridine rings is 1. The van der Waals surface area contributed by atoms with E-state index in [9.17, 15) is 0 Å². The number of benzene rings is 2. The molecule has 0 aliphatic rings. The Hall–Kier alpha value is -2.63. The molecule has 0 fully saturated rings. The van der Waals surface area contributed by atoms with Crippen LogP contribution in [0.4, 0.5) is 0 Å². The lowest BCUT2D eigenvalue weighted by molar-refractivity contribution is 0.883. The lowest BCUT2D eigenvalue weighted by Crippen LogP contribution is -1.99. The monoisotopic (exact) mass is 364 g/mol. The standard InChI is InChI=1S/C19H13ClN4S/c20-15-11-9-14(10-12-15)18-22-23-19(25-17-8-4-5-13-21-17)24(18)16-6-2-1-3-7-16/h1-13H. The van der Waals surface area contributed by atoms with Crippen LogP contribution in [0.5, 0.6) is 0 Å². The Morgan fingerprint density at radius 1 is 0.800 bits per heavy atom. The summed E-state index contributed by atoms with van der Waals surface area (Å²) < 4.78 is 2.03. The molecule has 0 bridgehead atoms. The maximum absolute atomic E-state index is 6.01. The van der Waals surface area contributed by atoms with Gasteiger partial charge in [0.1, 0.15) is 5.03 Å². The van der Waals surface area contributed by atoms with Gasteiger partial charge >= 0.3 is 0 Å². The number of nitrogens with zero attached hydrogens (tertiary/aromatic N) is 4. The van der Waals surface area contributed by atoms with Crippen molar-refractivity contribution in [1.29, 1.82) is 0 Å². The van der Waals surface area contributed by atoms with Gasteiger partial charge in [0.15, 0.2) is 5.82 Å². The highest BCUT2D eigenvalue weighted by atomic mass is 35.5. The van der Waals surface area contributed by atoms with Crippen molar-refractivity contribution in [3.8, 4) is 17.1 Å². The van der Waals surface area contributed by atoms with E-state index < -0.39 is 0 Å². The summed E-state index contributed by atoms with van der Waals surface area (Å²) in [5, 5.41) is 11.1. The van der Waals surface area contributed by atoms with Gasteiger partial charge in [-0.15, -0.1) is 10.2 Å². The van der Waals surface area contributed by atoms with Crippen molar-refractivity contribution in [2.75, 3.05) is 0 Å². The highest BCUT2D eigenvalue weighted by Gasteiger charge is 2.17. The Kier molecular flexibility index (Phi) is 4.50. The van der Waals surface area contributed by atoms with Crippen LogP contribution >= 0.6 is 23.4 Å². The Labute approximate surface area is 154 Å². The van der Waals surface area contributed by atoms with Crippen LogP contribution in [0.3, 0.4) is 0 Å². The minimum atomic E-state index is 0.692. The molecular formula is C19H13ClN4S. The van der Waals surface area contributed by atoms with Gasteiger partial charge in [-0.2, -0.15) is 0 Å². The van der Waals surface area contributed by atoms with Crippen molar-refractivity contribution in [3.63, 3.8) is 0 Å². The van der Waals surface area contributed by atoms with Crippen LogP contribution in [-0.4, -0.2) is 19.7 Å². The molecule has 0 aliphatic heterocycles. The summed E-state index contributed by atoms with van der Waals surface area (Å²) >= 11 is 7.49. The molecule has 2 aromatic heterocycles. The second-order valence-electron chi connectivity index (χ2n) is 5.25. The molecule has 0 unspecified atom stereocenters. The zero-order chi connectivity index (χ0) is 17.1. The molecule has 0 spiro atoms. The van der Waals surface area contributed by atoms with Crippen LogP contribution < -0.4 is 0 Å². The number of aromatic nitrogens is 4. The van der Waals surface area contributed by atoms with E-state index in [0.717, 1.165) is 27.3 Å².